The van der Waals surface area contributed by atoms with Crippen LogP contribution in [0.15, 0.2) is 77.2 Å². The van der Waals surface area contributed by atoms with Gasteiger partial charge in [0.2, 0.25) is 5.22 Å². The van der Waals surface area contributed by atoms with Crippen LogP contribution in [0.5, 0.6) is 11.5 Å². The van der Waals surface area contributed by atoms with Crippen LogP contribution in [0.1, 0.15) is 0 Å². The molecule has 0 fully saturated rings. The lowest BCUT2D eigenvalue weighted by Crippen LogP contribution is -1.93. The highest BCUT2D eigenvalue weighted by molar-refractivity contribution is 7.26. The SMILES string of the molecule is Oc1ccc2cc3sc4c5ccc(O)cc5n(-c5c(Cl)oc6ccccc56)c4c3cc2c1. The topological polar surface area (TPSA) is 58.5 Å². The number of phenolic OH excluding ortho intramolecular Hbond substituents is 2. The normalized spacial score (nSPS) is 12.2. The van der Waals surface area contributed by atoms with E-state index < -0.39 is 0 Å². The van der Waals surface area contributed by atoms with Gasteiger partial charge in [-0.25, -0.2) is 0 Å². The van der Waals surface area contributed by atoms with Crippen molar-refractivity contribution >= 4 is 75.9 Å². The van der Waals surface area contributed by atoms with Crippen LogP contribution in [-0.4, -0.2) is 14.8 Å². The van der Waals surface area contributed by atoms with Gasteiger partial charge in [0.1, 0.15) is 22.8 Å². The second kappa shape index (κ2) is 6.19. The monoisotopic (exact) mass is 455 g/mol. The summed E-state index contributed by atoms with van der Waals surface area (Å²) in [4.78, 5) is 0. The molecule has 3 aromatic heterocycles. The van der Waals surface area contributed by atoms with Crippen LogP contribution in [0.25, 0.3) is 58.6 Å². The van der Waals surface area contributed by atoms with Crippen molar-refractivity contribution in [1.29, 1.82) is 0 Å². The summed E-state index contributed by atoms with van der Waals surface area (Å²) in [5.74, 6) is 0.421. The third kappa shape index (κ3) is 2.32. The Morgan fingerprint density at radius 2 is 1.59 bits per heavy atom. The molecule has 7 rings (SSSR count). The van der Waals surface area contributed by atoms with Gasteiger partial charge in [0.25, 0.3) is 0 Å². The number of rotatable bonds is 1. The van der Waals surface area contributed by atoms with Crippen molar-refractivity contribution in [2.45, 2.75) is 0 Å². The smallest absolute Gasteiger partial charge is 0.218 e. The molecule has 0 bridgehead atoms. The first kappa shape index (κ1) is 18.0. The standard InChI is InChI=1S/C26H14ClNO3S/c27-26-24(18-3-1-2-4-21(18)31-26)28-20-12-16(30)7-8-17(20)25-23(28)19-10-14-9-15(29)6-5-13(14)11-22(19)32-25/h1-12,29-30H. The summed E-state index contributed by atoms with van der Waals surface area (Å²) in [6.45, 7) is 0. The molecular formula is C26H14ClNO3S. The zero-order chi connectivity index (χ0) is 21.6. The fourth-order valence-electron chi connectivity index (χ4n) is 4.68. The maximum atomic E-state index is 10.3. The van der Waals surface area contributed by atoms with E-state index in [1.165, 1.54) is 0 Å². The molecule has 0 spiro atoms. The van der Waals surface area contributed by atoms with Crippen molar-refractivity contribution in [2.24, 2.45) is 0 Å². The lowest BCUT2D eigenvalue weighted by molar-refractivity contribution is 0.475. The van der Waals surface area contributed by atoms with E-state index in [-0.39, 0.29) is 11.5 Å². The Bertz CT molecular complexity index is 1880. The average Bonchev–Trinajstić information content (AvgIpc) is 3.39. The molecule has 0 atom stereocenters. The molecule has 0 saturated carbocycles. The summed E-state index contributed by atoms with van der Waals surface area (Å²) in [7, 11) is 0. The summed E-state index contributed by atoms with van der Waals surface area (Å²) in [5, 5.41) is 25.6. The van der Waals surface area contributed by atoms with E-state index in [4.69, 9.17) is 16.0 Å². The second-order valence-electron chi connectivity index (χ2n) is 7.92. The van der Waals surface area contributed by atoms with Crippen molar-refractivity contribution < 1.29 is 14.6 Å². The van der Waals surface area contributed by atoms with Crippen LogP contribution < -0.4 is 0 Å². The Labute approximate surface area is 190 Å². The minimum Gasteiger partial charge on any atom is -0.508 e. The third-order valence-electron chi connectivity index (χ3n) is 6.05. The van der Waals surface area contributed by atoms with Crippen molar-refractivity contribution in [2.75, 3.05) is 0 Å². The Morgan fingerprint density at radius 3 is 2.50 bits per heavy atom. The molecular weight excluding hydrogens is 442 g/mol. The summed E-state index contributed by atoms with van der Waals surface area (Å²) in [5.41, 5.74) is 3.32. The molecule has 6 heteroatoms. The first-order valence-corrected chi connectivity index (χ1v) is 11.3. The van der Waals surface area contributed by atoms with Gasteiger partial charge in [0, 0.05) is 26.9 Å². The molecule has 3 heterocycles. The summed E-state index contributed by atoms with van der Waals surface area (Å²) < 4.78 is 10.2. The molecule has 2 N–H and O–H groups in total. The quantitative estimate of drug-likeness (QED) is 0.264. The lowest BCUT2D eigenvalue weighted by Gasteiger charge is -2.08. The molecule has 154 valence electrons. The van der Waals surface area contributed by atoms with Crippen LogP contribution in [0.3, 0.4) is 0 Å². The van der Waals surface area contributed by atoms with E-state index in [9.17, 15) is 10.2 Å². The minimum atomic E-state index is 0.188. The van der Waals surface area contributed by atoms with Crippen LogP contribution in [0.4, 0.5) is 0 Å². The van der Waals surface area contributed by atoms with Crippen molar-refractivity contribution in [3.05, 3.63) is 78.0 Å². The number of halogens is 1. The van der Waals surface area contributed by atoms with Gasteiger partial charge in [-0.1, -0.05) is 18.2 Å². The van der Waals surface area contributed by atoms with E-state index in [1.54, 1.807) is 35.6 Å². The predicted octanol–water partition coefficient (Wildman–Crippen LogP) is 7.96. The van der Waals surface area contributed by atoms with E-state index in [2.05, 4.69) is 16.7 Å². The molecule has 0 amide bonds. The number of nitrogens with zero attached hydrogens (tertiary/aromatic N) is 1. The molecule has 0 aliphatic heterocycles. The van der Waals surface area contributed by atoms with Crippen molar-refractivity contribution in [3.63, 3.8) is 0 Å². The highest BCUT2D eigenvalue weighted by Crippen LogP contribution is 2.47. The van der Waals surface area contributed by atoms with Gasteiger partial charge in [0.05, 0.1) is 15.7 Å². The number of phenols is 2. The number of benzene rings is 4. The van der Waals surface area contributed by atoms with Gasteiger partial charge in [0.15, 0.2) is 0 Å². The zero-order valence-corrected chi connectivity index (χ0v) is 18.0. The van der Waals surface area contributed by atoms with Gasteiger partial charge < -0.3 is 19.2 Å². The zero-order valence-electron chi connectivity index (χ0n) is 16.5. The van der Waals surface area contributed by atoms with Crippen LogP contribution in [0.2, 0.25) is 5.22 Å². The molecule has 0 aliphatic carbocycles. The van der Waals surface area contributed by atoms with Gasteiger partial charge in [-0.3, -0.25) is 0 Å². The number of aromatic nitrogens is 1. The maximum Gasteiger partial charge on any atom is 0.218 e. The minimum absolute atomic E-state index is 0.188. The Kier molecular flexibility index (Phi) is 3.47. The fraction of sp³-hybridized carbons (Fsp3) is 0. The van der Waals surface area contributed by atoms with Crippen LogP contribution >= 0.6 is 22.9 Å². The third-order valence-corrected chi connectivity index (χ3v) is 7.48. The van der Waals surface area contributed by atoms with E-state index >= 15 is 0 Å². The van der Waals surface area contributed by atoms with Crippen LogP contribution in [0, 0.1) is 0 Å². The maximum absolute atomic E-state index is 10.3. The molecule has 32 heavy (non-hydrogen) atoms. The highest BCUT2D eigenvalue weighted by Gasteiger charge is 2.23. The Morgan fingerprint density at radius 1 is 0.781 bits per heavy atom. The fourth-order valence-corrected chi connectivity index (χ4v) is 6.20. The first-order chi connectivity index (χ1) is 15.6. The number of fused-ring (bicyclic) bond motifs is 7. The number of aromatic hydroxyl groups is 2. The first-order valence-electron chi connectivity index (χ1n) is 10.1. The summed E-state index contributed by atoms with van der Waals surface area (Å²) in [6.07, 6.45) is 0. The van der Waals surface area contributed by atoms with Crippen molar-refractivity contribution in [1.82, 2.24) is 4.57 Å². The predicted molar refractivity (Wildman–Crippen MR) is 132 cm³/mol. The number of hydrogen-bond donors (Lipinski definition) is 2. The van der Waals surface area contributed by atoms with Crippen LogP contribution in [-0.2, 0) is 0 Å². The number of hydrogen-bond acceptors (Lipinski definition) is 4. The number of thiophene rings is 1. The summed E-state index contributed by atoms with van der Waals surface area (Å²) in [6, 6.07) is 22.8. The molecule has 4 aromatic carbocycles. The average molecular weight is 456 g/mol. The van der Waals surface area contributed by atoms with E-state index in [1.807, 2.05) is 36.4 Å². The Hall–Kier alpha value is -3.67. The van der Waals surface area contributed by atoms with Gasteiger partial charge >= 0.3 is 0 Å². The molecule has 4 nitrogen and oxygen atoms in total. The molecule has 0 saturated heterocycles. The molecule has 7 aromatic rings. The molecule has 0 aliphatic rings. The number of furan rings is 1. The van der Waals surface area contributed by atoms with E-state index in [0.717, 1.165) is 53.1 Å². The van der Waals surface area contributed by atoms with E-state index in [0.29, 0.717) is 10.8 Å². The molecule has 0 unspecified atom stereocenters. The Balaban J connectivity index is 1.74. The summed E-state index contributed by atoms with van der Waals surface area (Å²) >= 11 is 8.36. The highest BCUT2D eigenvalue weighted by atomic mass is 35.5. The lowest BCUT2D eigenvalue weighted by atomic mass is 10.1. The van der Waals surface area contributed by atoms with Gasteiger partial charge in [-0.2, -0.15) is 0 Å². The largest absolute Gasteiger partial charge is 0.508 e. The second-order valence-corrected chi connectivity index (χ2v) is 9.31. The van der Waals surface area contributed by atoms with Gasteiger partial charge in [-0.05, 0) is 70.9 Å². The molecule has 0 radical (unpaired) electrons. The van der Waals surface area contributed by atoms with Crippen molar-refractivity contribution in [3.8, 4) is 17.2 Å². The number of para-hydroxylation sites is 1. The van der Waals surface area contributed by atoms with Gasteiger partial charge in [-0.15, -0.1) is 11.3 Å².